The van der Waals surface area contributed by atoms with Gasteiger partial charge in [-0.1, -0.05) is 0 Å². The van der Waals surface area contributed by atoms with Crippen LogP contribution < -0.4 is 0 Å². The van der Waals surface area contributed by atoms with Crippen molar-refractivity contribution in [3.8, 4) is 0 Å². The molecule has 3 aromatic heterocycles. The van der Waals surface area contributed by atoms with Crippen molar-refractivity contribution in [3.63, 3.8) is 0 Å². The number of pyridine rings is 1. The Bertz CT molecular complexity index is 922. The van der Waals surface area contributed by atoms with Gasteiger partial charge in [0.25, 0.3) is 5.91 Å². The third-order valence-corrected chi connectivity index (χ3v) is 5.34. The highest BCUT2D eigenvalue weighted by atomic mass is 16.2. The van der Waals surface area contributed by atoms with Crippen LogP contribution in [0.2, 0.25) is 0 Å². The monoisotopic (exact) mass is 379 g/mol. The molecule has 0 radical (unpaired) electrons. The highest BCUT2D eigenvalue weighted by molar-refractivity contribution is 5.94. The zero-order valence-electron chi connectivity index (χ0n) is 16.3. The number of amides is 1. The van der Waals surface area contributed by atoms with Crippen LogP contribution in [0, 0.1) is 6.92 Å². The summed E-state index contributed by atoms with van der Waals surface area (Å²) in [7, 11) is 0. The number of nitrogens with zero attached hydrogens (tertiary/aromatic N) is 7. The van der Waals surface area contributed by atoms with Crippen LogP contribution in [0.25, 0.3) is 0 Å². The van der Waals surface area contributed by atoms with E-state index in [0.29, 0.717) is 18.0 Å². The maximum Gasteiger partial charge on any atom is 0.255 e. The van der Waals surface area contributed by atoms with Gasteiger partial charge in [-0.3, -0.25) is 14.5 Å². The lowest BCUT2D eigenvalue weighted by atomic mass is 9.95. The van der Waals surface area contributed by atoms with Gasteiger partial charge < -0.3 is 9.47 Å². The van der Waals surface area contributed by atoms with Gasteiger partial charge in [0.15, 0.2) is 5.82 Å². The Morgan fingerprint density at radius 1 is 1.21 bits per heavy atom. The van der Waals surface area contributed by atoms with Gasteiger partial charge in [-0.2, -0.15) is 5.10 Å². The molecule has 3 aromatic rings. The molecule has 1 saturated heterocycles. The highest BCUT2D eigenvalue weighted by Crippen LogP contribution is 2.28. The van der Waals surface area contributed by atoms with E-state index in [9.17, 15) is 4.79 Å². The summed E-state index contributed by atoms with van der Waals surface area (Å²) in [5.41, 5.74) is 1.57. The van der Waals surface area contributed by atoms with Crippen LogP contribution in [-0.2, 0) is 13.1 Å². The van der Waals surface area contributed by atoms with E-state index in [4.69, 9.17) is 0 Å². The van der Waals surface area contributed by atoms with E-state index >= 15 is 0 Å². The maximum absolute atomic E-state index is 12.7. The fraction of sp³-hybridized carbons (Fsp3) is 0.450. The Morgan fingerprint density at radius 3 is 2.68 bits per heavy atom. The molecule has 1 aliphatic heterocycles. The number of aromatic nitrogens is 6. The van der Waals surface area contributed by atoms with E-state index in [1.165, 1.54) is 0 Å². The smallest absolute Gasteiger partial charge is 0.255 e. The van der Waals surface area contributed by atoms with Crippen LogP contribution in [0.1, 0.15) is 53.4 Å². The summed E-state index contributed by atoms with van der Waals surface area (Å²) >= 11 is 0. The first-order valence-electron chi connectivity index (χ1n) is 9.77. The van der Waals surface area contributed by atoms with Crippen LogP contribution in [0.5, 0.6) is 0 Å². The zero-order valence-corrected chi connectivity index (χ0v) is 16.3. The Hall–Kier alpha value is -3.03. The second-order valence-corrected chi connectivity index (χ2v) is 7.18. The first-order chi connectivity index (χ1) is 13.7. The quantitative estimate of drug-likeness (QED) is 0.679. The lowest BCUT2D eigenvalue weighted by Crippen LogP contribution is -2.38. The lowest BCUT2D eigenvalue weighted by Gasteiger charge is -2.31. The van der Waals surface area contributed by atoms with Gasteiger partial charge in [0.05, 0.1) is 5.56 Å². The molecule has 0 aromatic carbocycles. The molecule has 1 amide bonds. The van der Waals surface area contributed by atoms with Gasteiger partial charge >= 0.3 is 0 Å². The van der Waals surface area contributed by atoms with E-state index in [1.807, 2.05) is 40.9 Å². The predicted molar refractivity (Wildman–Crippen MR) is 104 cm³/mol. The third kappa shape index (κ3) is 3.67. The van der Waals surface area contributed by atoms with Crippen molar-refractivity contribution in [2.45, 2.75) is 45.7 Å². The third-order valence-electron chi connectivity index (χ3n) is 5.34. The van der Waals surface area contributed by atoms with E-state index < -0.39 is 0 Å². The summed E-state index contributed by atoms with van der Waals surface area (Å²) in [5.74, 6) is 2.32. The first kappa shape index (κ1) is 18.3. The van der Waals surface area contributed by atoms with Crippen LogP contribution in [-0.4, -0.2) is 53.4 Å². The summed E-state index contributed by atoms with van der Waals surface area (Å²) in [5, 5.41) is 13.2. The minimum absolute atomic E-state index is 0.0577. The van der Waals surface area contributed by atoms with E-state index in [-0.39, 0.29) is 5.91 Å². The van der Waals surface area contributed by atoms with Gasteiger partial charge in [-0.15, -0.1) is 10.2 Å². The zero-order chi connectivity index (χ0) is 19.5. The van der Waals surface area contributed by atoms with Crippen molar-refractivity contribution in [1.29, 1.82) is 0 Å². The summed E-state index contributed by atoms with van der Waals surface area (Å²) in [6.45, 7) is 6.93. The molecule has 0 atom stereocenters. The molecule has 0 N–H and O–H groups in total. The molecule has 146 valence electrons. The highest BCUT2D eigenvalue weighted by Gasteiger charge is 2.28. The maximum atomic E-state index is 12.7. The Labute approximate surface area is 164 Å². The minimum atomic E-state index is 0.0577. The number of piperidine rings is 1. The van der Waals surface area contributed by atoms with Crippen molar-refractivity contribution in [1.82, 2.24) is 34.4 Å². The van der Waals surface area contributed by atoms with E-state index in [0.717, 1.165) is 49.8 Å². The summed E-state index contributed by atoms with van der Waals surface area (Å²) in [4.78, 5) is 18.9. The molecule has 0 spiro atoms. The Morgan fingerprint density at radius 2 is 2.04 bits per heavy atom. The SMILES string of the molecule is CCn1c(Cn2cccn2)nnc1C1CCN(C(=O)c2ccc(C)nc2)CC1. The number of carbonyl (C=O) groups excluding carboxylic acids is 1. The molecule has 4 rings (SSSR count). The van der Waals surface area contributed by atoms with E-state index in [1.54, 1.807) is 12.4 Å². The van der Waals surface area contributed by atoms with Crippen molar-refractivity contribution >= 4 is 5.91 Å². The van der Waals surface area contributed by atoms with Crippen LogP contribution in [0.3, 0.4) is 0 Å². The lowest BCUT2D eigenvalue weighted by molar-refractivity contribution is 0.0709. The molecular weight excluding hydrogens is 354 g/mol. The second kappa shape index (κ2) is 7.92. The largest absolute Gasteiger partial charge is 0.339 e. The number of aryl methyl sites for hydroxylation is 1. The number of likely N-dealkylation sites (tertiary alicyclic amines) is 1. The van der Waals surface area contributed by atoms with Crippen LogP contribution >= 0.6 is 0 Å². The van der Waals surface area contributed by atoms with Gasteiger partial charge in [0, 0.05) is 49.8 Å². The van der Waals surface area contributed by atoms with Crippen molar-refractivity contribution in [2.75, 3.05) is 13.1 Å². The Balaban J connectivity index is 1.43. The van der Waals surface area contributed by atoms with Gasteiger partial charge in [-0.25, -0.2) is 0 Å². The number of carbonyl (C=O) groups is 1. The normalized spacial score (nSPS) is 15.1. The summed E-state index contributed by atoms with van der Waals surface area (Å²) in [6.07, 6.45) is 7.15. The van der Waals surface area contributed by atoms with Crippen LogP contribution in [0.15, 0.2) is 36.8 Å². The van der Waals surface area contributed by atoms with Gasteiger partial charge in [-0.05, 0) is 44.9 Å². The molecular formula is C20H25N7O. The summed E-state index contributed by atoms with van der Waals surface area (Å²) < 4.78 is 4.05. The number of hydrogen-bond acceptors (Lipinski definition) is 5. The molecule has 0 aliphatic carbocycles. The number of rotatable bonds is 5. The molecule has 0 unspecified atom stereocenters. The van der Waals surface area contributed by atoms with E-state index in [2.05, 4.69) is 31.8 Å². The molecule has 1 aliphatic rings. The van der Waals surface area contributed by atoms with Crippen molar-refractivity contribution in [2.24, 2.45) is 0 Å². The van der Waals surface area contributed by atoms with Gasteiger partial charge in [0.2, 0.25) is 0 Å². The number of hydrogen-bond donors (Lipinski definition) is 0. The molecule has 8 heteroatoms. The molecule has 4 heterocycles. The molecule has 28 heavy (non-hydrogen) atoms. The average Bonchev–Trinajstić information content (AvgIpc) is 3.38. The first-order valence-corrected chi connectivity index (χ1v) is 9.77. The molecule has 8 nitrogen and oxygen atoms in total. The Kier molecular flexibility index (Phi) is 5.18. The molecule has 0 bridgehead atoms. The van der Waals surface area contributed by atoms with Crippen molar-refractivity contribution < 1.29 is 4.79 Å². The second-order valence-electron chi connectivity index (χ2n) is 7.18. The molecule has 0 saturated carbocycles. The fourth-order valence-corrected chi connectivity index (χ4v) is 3.77. The van der Waals surface area contributed by atoms with Crippen molar-refractivity contribution in [3.05, 3.63) is 59.7 Å². The fourth-order valence-electron chi connectivity index (χ4n) is 3.77. The summed E-state index contributed by atoms with van der Waals surface area (Å²) in [6, 6.07) is 5.64. The van der Waals surface area contributed by atoms with Crippen LogP contribution in [0.4, 0.5) is 0 Å². The molecule has 1 fully saturated rings. The van der Waals surface area contributed by atoms with Gasteiger partial charge in [0.1, 0.15) is 12.4 Å². The minimum Gasteiger partial charge on any atom is -0.339 e. The standard InChI is InChI=1S/C20H25N7O/c1-3-27-18(14-26-10-4-9-22-26)23-24-19(27)16-7-11-25(12-8-16)20(28)17-6-5-15(2)21-13-17/h4-6,9-10,13,16H,3,7-8,11-12,14H2,1-2H3. The topological polar surface area (TPSA) is 81.7 Å². The average molecular weight is 379 g/mol. The predicted octanol–water partition coefficient (Wildman–Crippen LogP) is 2.27.